The van der Waals surface area contributed by atoms with Crippen molar-refractivity contribution < 1.29 is 9.94 Å². The summed E-state index contributed by atoms with van der Waals surface area (Å²) in [6.45, 7) is 5.95. The number of ether oxygens (including phenoxy) is 1. The Hall–Kier alpha value is -2.07. The number of hydroxylamine groups is 1. The molecule has 0 amide bonds. The number of nitrogens with one attached hydrogen (secondary N) is 1. The van der Waals surface area contributed by atoms with E-state index >= 15 is 0 Å². The highest BCUT2D eigenvalue weighted by Crippen LogP contribution is 2.28. The molecule has 0 bridgehead atoms. The number of hydrogen-bond acceptors (Lipinski definition) is 3. The standard InChI is InChI=1S/C16H20N2O2/c1-16(2,3)17-15(18-19)13-9-10-14(20-4)12-8-6-5-7-11(12)13/h5-10,19H,1-4H3,(H,17,18). The molecule has 0 spiro atoms. The van der Waals surface area contributed by atoms with Crippen LogP contribution in [0.2, 0.25) is 0 Å². The second-order valence-corrected chi connectivity index (χ2v) is 5.60. The largest absolute Gasteiger partial charge is 0.496 e. The van der Waals surface area contributed by atoms with Crippen molar-refractivity contribution in [1.82, 2.24) is 5.48 Å². The Morgan fingerprint density at radius 3 is 2.30 bits per heavy atom. The van der Waals surface area contributed by atoms with Gasteiger partial charge in [-0.25, -0.2) is 0 Å². The van der Waals surface area contributed by atoms with Crippen LogP contribution in [0.25, 0.3) is 10.8 Å². The van der Waals surface area contributed by atoms with Gasteiger partial charge in [-0.15, -0.1) is 0 Å². The molecule has 0 fully saturated rings. The molecule has 0 aliphatic heterocycles. The molecule has 2 aromatic rings. The Bertz CT molecular complexity index is 642. The first-order valence-corrected chi connectivity index (χ1v) is 6.52. The Labute approximate surface area is 119 Å². The van der Waals surface area contributed by atoms with E-state index < -0.39 is 0 Å². The van der Waals surface area contributed by atoms with Crippen LogP contribution in [0.3, 0.4) is 0 Å². The van der Waals surface area contributed by atoms with Gasteiger partial charge in [0.05, 0.1) is 12.6 Å². The van der Waals surface area contributed by atoms with Gasteiger partial charge in [-0.3, -0.25) is 15.7 Å². The van der Waals surface area contributed by atoms with Crippen molar-refractivity contribution in [3.8, 4) is 5.75 Å². The van der Waals surface area contributed by atoms with Crippen LogP contribution in [-0.4, -0.2) is 23.7 Å². The maximum atomic E-state index is 9.42. The first-order valence-electron chi connectivity index (χ1n) is 6.52. The van der Waals surface area contributed by atoms with Gasteiger partial charge in [-0.2, -0.15) is 0 Å². The van der Waals surface area contributed by atoms with E-state index in [9.17, 15) is 5.21 Å². The number of benzene rings is 2. The van der Waals surface area contributed by atoms with Gasteiger partial charge in [-0.05, 0) is 38.3 Å². The fourth-order valence-electron chi connectivity index (χ4n) is 2.14. The van der Waals surface area contributed by atoms with E-state index in [1.165, 1.54) is 0 Å². The third kappa shape index (κ3) is 2.91. The minimum atomic E-state index is -0.286. The first kappa shape index (κ1) is 14.3. The lowest BCUT2D eigenvalue weighted by atomic mass is 10.0. The molecule has 2 aromatic carbocycles. The average molecular weight is 272 g/mol. The third-order valence-electron chi connectivity index (χ3n) is 2.91. The second kappa shape index (κ2) is 5.51. The average Bonchev–Trinajstić information content (AvgIpc) is 2.42. The molecule has 0 radical (unpaired) electrons. The summed E-state index contributed by atoms with van der Waals surface area (Å²) in [5.41, 5.74) is 2.77. The SMILES string of the molecule is COc1ccc(C(=NC(C)(C)C)NO)c2ccccc12. The number of fused-ring (bicyclic) bond motifs is 1. The number of hydrogen-bond donors (Lipinski definition) is 2. The van der Waals surface area contributed by atoms with E-state index in [1.807, 2.05) is 57.2 Å². The molecular weight excluding hydrogens is 252 g/mol. The molecule has 0 atom stereocenters. The van der Waals surface area contributed by atoms with Gasteiger partial charge in [0, 0.05) is 10.9 Å². The zero-order valence-corrected chi connectivity index (χ0v) is 12.3. The van der Waals surface area contributed by atoms with Crippen molar-refractivity contribution >= 4 is 16.6 Å². The minimum absolute atomic E-state index is 0.286. The predicted octanol–water partition coefficient (Wildman–Crippen LogP) is 3.37. The molecule has 0 heterocycles. The van der Waals surface area contributed by atoms with Gasteiger partial charge in [-0.1, -0.05) is 24.3 Å². The highest BCUT2D eigenvalue weighted by Gasteiger charge is 2.14. The first-order chi connectivity index (χ1) is 9.46. The van der Waals surface area contributed by atoms with Crippen LogP contribution >= 0.6 is 0 Å². The molecule has 4 heteroatoms. The Morgan fingerprint density at radius 2 is 1.75 bits per heavy atom. The van der Waals surface area contributed by atoms with Crippen molar-refractivity contribution in [2.24, 2.45) is 4.99 Å². The van der Waals surface area contributed by atoms with E-state index in [-0.39, 0.29) is 5.54 Å². The summed E-state index contributed by atoms with van der Waals surface area (Å²) in [5, 5.41) is 11.4. The highest BCUT2D eigenvalue weighted by atomic mass is 16.5. The summed E-state index contributed by atoms with van der Waals surface area (Å²) in [4.78, 5) is 4.52. The van der Waals surface area contributed by atoms with Crippen molar-refractivity contribution in [2.75, 3.05) is 7.11 Å². The summed E-state index contributed by atoms with van der Waals surface area (Å²) in [5.74, 6) is 1.26. The Kier molecular flexibility index (Phi) is 3.95. The van der Waals surface area contributed by atoms with Gasteiger partial charge < -0.3 is 4.74 Å². The fourth-order valence-corrected chi connectivity index (χ4v) is 2.14. The topological polar surface area (TPSA) is 53.8 Å². The van der Waals surface area contributed by atoms with Crippen molar-refractivity contribution in [3.05, 3.63) is 42.0 Å². The van der Waals surface area contributed by atoms with Crippen LogP contribution in [0, 0.1) is 0 Å². The zero-order chi connectivity index (χ0) is 14.8. The summed E-state index contributed by atoms with van der Waals surface area (Å²) in [7, 11) is 1.65. The molecule has 0 aliphatic rings. The molecule has 106 valence electrons. The normalized spacial score (nSPS) is 12.6. The van der Waals surface area contributed by atoms with Gasteiger partial charge >= 0.3 is 0 Å². The minimum Gasteiger partial charge on any atom is -0.496 e. The van der Waals surface area contributed by atoms with Crippen molar-refractivity contribution in [1.29, 1.82) is 0 Å². The quantitative estimate of drug-likeness (QED) is 0.500. The molecule has 0 aromatic heterocycles. The molecule has 0 saturated carbocycles. The molecule has 0 saturated heterocycles. The number of nitrogens with zero attached hydrogens (tertiary/aromatic N) is 1. The lowest BCUT2D eigenvalue weighted by molar-refractivity contribution is 0.233. The van der Waals surface area contributed by atoms with Crippen LogP contribution in [-0.2, 0) is 0 Å². The van der Waals surface area contributed by atoms with Gasteiger partial charge in [0.1, 0.15) is 5.75 Å². The Balaban J connectivity index is 2.69. The maximum absolute atomic E-state index is 9.42. The Morgan fingerprint density at radius 1 is 1.10 bits per heavy atom. The smallest absolute Gasteiger partial charge is 0.153 e. The van der Waals surface area contributed by atoms with Gasteiger partial charge in [0.2, 0.25) is 0 Å². The zero-order valence-electron chi connectivity index (χ0n) is 12.3. The van der Waals surface area contributed by atoms with Crippen LogP contribution in [0.4, 0.5) is 0 Å². The monoisotopic (exact) mass is 272 g/mol. The van der Waals surface area contributed by atoms with E-state index in [4.69, 9.17) is 4.74 Å². The second-order valence-electron chi connectivity index (χ2n) is 5.60. The van der Waals surface area contributed by atoms with Crippen LogP contribution in [0.5, 0.6) is 5.75 Å². The molecule has 2 N–H and O–H groups in total. The van der Waals surface area contributed by atoms with E-state index in [0.29, 0.717) is 5.84 Å². The predicted molar refractivity (Wildman–Crippen MR) is 81.7 cm³/mol. The van der Waals surface area contributed by atoms with Gasteiger partial charge in [0.25, 0.3) is 0 Å². The molecule has 0 aliphatic carbocycles. The summed E-state index contributed by atoms with van der Waals surface area (Å²) in [6.07, 6.45) is 0. The molecule has 20 heavy (non-hydrogen) atoms. The third-order valence-corrected chi connectivity index (χ3v) is 2.91. The van der Waals surface area contributed by atoms with Crippen molar-refractivity contribution in [2.45, 2.75) is 26.3 Å². The molecular formula is C16H20N2O2. The van der Waals surface area contributed by atoms with Crippen LogP contribution in [0.1, 0.15) is 26.3 Å². The van der Waals surface area contributed by atoms with E-state index in [1.54, 1.807) is 7.11 Å². The number of amidine groups is 1. The maximum Gasteiger partial charge on any atom is 0.153 e. The lowest BCUT2D eigenvalue weighted by Gasteiger charge is -2.17. The molecule has 4 nitrogen and oxygen atoms in total. The summed E-state index contributed by atoms with van der Waals surface area (Å²) < 4.78 is 5.37. The molecule has 0 unspecified atom stereocenters. The number of aliphatic imine (C=N–C) groups is 1. The summed E-state index contributed by atoms with van der Waals surface area (Å²) >= 11 is 0. The number of methoxy groups -OCH3 is 1. The lowest BCUT2D eigenvalue weighted by Crippen LogP contribution is -2.25. The summed E-state index contributed by atoms with van der Waals surface area (Å²) in [6, 6.07) is 11.7. The highest BCUT2D eigenvalue weighted by molar-refractivity contribution is 6.10. The fraction of sp³-hybridized carbons (Fsp3) is 0.312. The van der Waals surface area contributed by atoms with E-state index in [2.05, 4.69) is 10.5 Å². The number of rotatable bonds is 2. The van der Waals surface area contributed by atoms with Crippen LogP contribution in [0.15, 0.2) is 41.4 Å². The molecule has 2 rings (SSSR count). The van der Waals surface area contributed by atoms with Crippen molar-refractivity contribution in [3.63, 3.8) is 0 Å². The van der Waals surface area contributed by atoms with Gasteiger partial charge in [0.15, 0.2) is 5.84 Å². The van der Waals surface area contributed by atoms with Crippen LogP contribution < -0.4 is 10.2 Å². The van der Waals surface area contributed by atoms with E-state index in [0.717, 1.165) is 22.1 Å².